The molecule has 1 unspecified atom stereocenters. The predicted octanol–water partition coefficient (Wildman–Crippen LogP) is 0.949. The van der Waals surface area contributed by atoms with E-state index < -0.39 is 12.1 Å². The van der Waals surface area contributed by atoms with E-state index >= 15 is 0 Å². The Kier molecular flexibility index (Phi) is 8.15. The molecule has 0 spiro atoms. The topological polar surface area (TPSA) is 75.6 Å². The van der Waals surface area contributed by atoms with Crippen LogP contribution < -0.4 is 5.32 Å². The first-order valence-corrected chi connectivity index (χ1v) is 5.30. The Labute approximate surface area is 95.5 Å². The third-order valence-corrected chi connectivity index (χ3v) is 1.95. The summed E-state index contributed by atoms with van der Waals surface area (Å²) in [5, 5.41) is 11.1. The van der Waals surface area contributed by atoms with Crippen molar-refractivity contribution in [2.45, 2.75) is 32.3 Å². The highest BCUT2D eigenvalue weighted by Crippen LogP contribution is 1.95. The van der Waals surface area contributed by atoms with E-state index in [1.165, 1.54) is 0 Å². The predicted molar refractivity (Wildman–Crippen MR) is 60.1 cm³/mol. The maximum absolute atomic E-state index is 11.4. The second-order valence-electron chi connectivity index (χ2n) is 3.41. The smallest absolute Gasteiger partial charge is 0.303 e. The lowest BCUT2D eigenvalue weighted by molar-refractivity contribution is -0.137. The summed E-state index contributed by atoms with van der Waals surface area (Å²) in [4.78, 5) is 21.6. The van der Waals surface area contributed by atoms with Gasteiger partial charge in [0.05, 0.1) is 6.61 Å². The van der Waals surface area contributed by atoms with Crippen LogP contribution in [0.15, 0.2) is 12.7 Å². The summed E-state index contributed by atoms with van der Waals surface area (Å²) in [7, 11) is 0. The lowest BCUT2D eigenvalue weighted by Gasteiger charge is -2.11. The number of carboxylic acid groups (broad SMARTS) is 1. The Hall–Kier alpha value is -1.36. The van der Waals surface area contributed by atoms with Gasteiger partial charge in [0.2, 0.25) is 5.91 Å². The number of hydrogen-bond donors (Lipinski definition) is 2. The quantitative estimate of drug-likeness (QED) is 0.456. The van der Waals surface area contributed by atoms with Gasteiger partial charge in [-0.1, -0.05) is 6.08 Å². The molecular weight excluding hydrogens is 210 g/mol. The maximum Gasteiger partial charge on any atom is 0.303 e. The first-order chi connectivity index (χ1) is 7.57. The summed E-state index contributed by atoms with van der Waals surface area (Å²) < 4.78 is 5.12. The van der Waals surface area contributed by atoms with Crippen molar-refractivity contribution in [1.82, 2.24) is 5.32 Å². The fourth-order valence-electron chi connectivity index (χ4n) is 1.04. The van der Waals surface area contributed by atoms with Crippen LogP contribution in [0, 0.1) is 0 Å². The van der Waals surface area contributed by atoms with E-state index in [1.54, 1.807) is 13.0 Å². The molecule has 92 valence electrons. The molecule has 1 atom stereocenters. The van der Waals surface area contributed by atoms with Crippen LogP contribution in [0.1, 0.15) is 26.2 Å². The molecular formula is C11H19NO4. The number of rotatable bonds is 9. The first kappa shape index (κ1) is 14.6. The minimum Gasteiger partial charge on any atom is -0.481 e. The van der Waals surface area contributed by atoms with Crippen LogP contribution in [-0.2, 0) is 14.3 Å². The molecule has 0 aromatic carbocycles. The summed E-state index contributed by atoms with van der Waals surface area (Å²) in [6.45, 7) is 5.97. The molecule has 1 amide bonds. The zero-order valence-electron chi connectivity index (χ0n) is 9.57. The number of hydrogen-bond acceptors (Lipinski definition) is 3. The van der Waals surface area contributed by atoms with E-state index in [9.17, 15) is 9.59 Å². The van der Waals surface area contributed by atoms with Gasteiger partial charge in [0.25, 0.3) is 0 Å². The third-order valence-electron chi connectivity index (χ3n) is 1.95. The molecule has 0 saturated carbocycles. The van der Waals surface area contributed by atoms with E-state index in [-0.39, 0.29) is 12.3 Å². The molecule has 0 aromatic rings. The summed E-state index contributed by atoms with van der Waals surface area (Å²) in [6.07, 6.45) is 2.44. The van der Waals surface area contributed by atoms with Crippen molar-refractivity contribution in [3.8, 4) is 0 Å². The Balaban J connectivity index is 3.49. The molecule has 5 nitrogen and oxygen atoms in total. The van der Waals surface area contributed by atoms with Gasteiger partial charge in [-0.3, -0.25) is 9.59 Å². The van der Waals surface area contributed by atoms with Crippen molar-refractivity contribution in [3.05, 3.63) is 12.7 Å². The molecule has 2 N–H and O–H groups in total. The van der Waals surface area contributed by atoms with Crippen molar-refractivity contribution in [1.29, 1.82) is 0 Å². The van der Waals surface area contributed by atoms with Gasteiger partial charge >= 0.3 is 5.97 Å². The molecule has 0 bridgehead atoms. The maximum atomic E-state index is 11.4. The van der Waals surface area contributed by atoms with Crippen LogP contribution in [0.4, 0.5) is 0 Å². The molecule has 5 heteroatoms. The lowest BCUT2D eigenvalue weighted by Crippen LogP contribution is -2.35. The number of aliphatic carboxylic acids is 1. The number of unbranched alkanes of at least 4 members (excludes halogenated alkanes) is 1. The Morgan fingerprint density at radius 3 is 2.75 bits per heavy atom. The number of carbonyl (C=O) groups is 2. The SMILES string of the molecule is C=CCOC(C)C(=O)NCCCCC(=O)O. The molecule has 0 aliphatic rings. The number of carboxylic acids is 1. The van der Waals surface area contributed by atoms with Crippen LogP contribution >= 0.6 is 0 Å². The van der Waals surface area contributed by atoms with Gasteiger partial charge in [0, 0.05) is 13.0 Å². The van der Waals surface area contributed by atoms with E-state index in [4.69, 9.17) is 9.84 Å². The Bertz CT molecular complexity index is 240. The first-order valence-electron chi connectivity index (χ1n) is 5.30. The van der Waals surface area contributed by atoms with Gasteiger partial charge in [0.15, 0.2) is 0 Å². The number of carbonyl (C=O) groups excluding carboxylic acids is 1. The van der Waals surface area contributed by atoms with Crippen molar-refractivity contribution in [3.63, 3.8) is 0 Å². The molecule has 0 radical (unpaired) electrons. The van der Waals surface area contributed by atoms with Gasteiger partial charge in [-0.25, -0.2) is 0 Å². The Morgan fingerprint density at radius 2 is 2.19 bits per heavy atom. The van der Waals surface area contributed by atoms with Crippen molar-refractivity contribution < 1.29 is 19.4 Å². The molecule has 0 aliphatic heterocycles. The molecule has 0 rings (SSSR count). The summed E-state index contributed by atoms with van der Waals surface area (Å²) in [6, 6.07) is 0. The monoisotopic (exact) mass is 229 g/mol. The summed E-state index contributed by atoms with van der Waals surface area (Å²) >= 11 is 0. The van der Waals surface area contributed by atoms with Crippen LogP contribution in [0.2, 0.25) is 0 Å². The average molecular weight is 229 g/mol. The number of amides is 1. The molecule has 0 saturated heterocycles. The summed E-state index contributed by atoms with van der Waals surface area (Å²) in [5.74, 6) is -0.994. The normalized spacial score (nSPS) is 11.8. The molecule has 0 aromatic heterocycles. The molecule has 0 fully saturated rings. The van der Waals surface area contributed by atoms with Crippen LogP contribution in [-0.4, -0.2) is 36.2 Å². The Morgan fingerprint density at radius 1 is 1.50 bits per heavy atom. The largest absolute Gasteiger partial charge is 0.481 e. The van der Waals surface area contributed by atoms with E-state index in [0.29, 0.717) is 26.0 Å². The lowest BCUT2D eigenvalue weighted by atomic mass is 10.2. The average Bonchev–Trinajstić information content (AvgIpc) is 2.24. The fraction of sp³-hybridized carbons (Fsp3) is 0.636. The van der Waals surface area contributed by atoms with Crippen LogP contribution in [0.3, 0.4) is 0 Å². The molecule has 0 aliphatic carbocycles. The standard InChI is InChI=1S/C11H19NO4/c1-3-8-16-9(2)11(15)12-7-5-4-6-10(13)14/h3,9H,1,4-8H2,2H3,(H,12,15)(H,13,14). The second kappa shape index (κ2) is 8.91. The minimum absolute atomic E-state index is 0.137. The van der Waals surface area contributed by atoms with Gasteiger partial charge in [0.1, 0.15) is 6.10 Å². The molecule has 16 heavy (non-hydrogen) atoms. The number of ether oxygens (including phenoxy) is 1. The third kappa shape index (κ3) is 7.99. The highest BCUT2D eigenvalue weighted by atomic mass is 16.5. The summed E-state index contributed by atoms with van der Waals surface area (Å²) in [5.41, 5.74) is 0. The zero-order valence-corrected chi connectivity index (χ0v) is 9.57. The van der Waals surface area contributed by atoms with Crippen molar-refractivity contribution in [2.75, 3.05) is 13.2 Å². The van der Waals surface area contributed by atoms with E-state index in [2.05, 4.69) is 11.9 Å². The van der Waals surface area contributed by atoms with Gasteiger partial charge < -0.3 is 15.2 Å². The van der Waals surface area contributed by atoms with Gasteiger partial charge in [-0.05, 0) is 19.8 Å². The second-order valence-corrected chi connectivity index (χ2v) is 3.41. The van der Waals surface area contributed by atoms with E-state index in [0.717, 1.165) is 0 Å². The minimum atomic E-state index is -0.811. The van der Waals surface area contributed by atoms with Gasteiger partial charge in [-0.15, -0.1) is 6.58 Å². The number of nitrogens with one attached hydrogen (secondary N) is 1. The van der Waals surface area contributed by atoms with E-state index in [1.807, 2.05) is 0 Å². The van der Waals surface area contributed by atoms with Crippen molar-refractivity contribution >= 4 is 11.9 Å². The van der Waals surface area contributed by atoms with Crippen LogP contribution in [0.25, 0.3) is 0 Å². The van der Waals surface area contributed by atoms with Crippen molar-refractivity contribution in [2.24, 2.45) is 0 Å². The molecule has 0 heterocycles. The fourth-order valence-corrected chi connectivity index (χ4v) is 1.04. The highest BCUT2D eigenvalue weighted by Gasteiger charge is 2.11. The highest BCUT2D eigenvalue weighted by molar-refractivity contribution is 5.80. The zero-order chi connectivity index (χ0) is 12.4. The van der Waals surface area contributed by atoms with Gasteiger partial charge in [-0.2, -0.15) is 0 Å². The van der Waals surface area contributed by atoms with Crippen LogP contribution in [0.5, 0.6) is 0 Å².